The van der Waals surface area contributed by atoms with Crippen LogP contribution in [0.4, 0.5) is 0 Å². The van der Waals surface area contributed by atoms with Gasteiger partial charge in [-0.2, -0.15) is 0 Å². The van der Waals surface area contributed by atoms with Crippen molar-refractivity contribution in [2.24, 2.45) is 17.6 Å². The third-order valence-electron chi connectivity index (χ3n) is 2.59. The molecule has 2 N–H and O–H groups in total. The Hall–Kier alpha value is -0.570. The quantitative estimate of drug-likeness (QED) is 0.706. The van der Waals surface area contributed by atoms with Crippen LogP contribution in [-0.4, -0.2) is 29.9 Å². The van der Waals surface area contributed by atoms with Gasteiger partial charge in [-0.25, -0.2) is 0 Å². The molecule has 0 aliphatic carbocycles. The van der Waals surface area contributed by atoms with Crippen molar-refractivity contribution >= 4 is 5.91 Å². The van der Waals surface area contributed by atoms with Crippen LogP contribution < -0.4 is 5.73 Å². The number of hydrogen-bond acceptors (Lipinski definition) is 2. The Morgan fingerprint density at radius 2 is 2.00 bits per heavy atom. The molecular weight excluding hydrogens is 164 g/mol. The zero-order valence-electron chi connectivity index (χ0n) is 8.79. The van der Waals surface area contributed by atoms with E-state index in [9.17, 15) is 4.79 Å². The second-order valence-corrected chi connectivity index (χ2v) is 4.52. The number of amides is 1. The van der Waals surface area contributed by atoms with Crippen molar-refractivity contribution < 1.29 is 4.79 Å². The van der Waals surface area contributed by atoms with E-state index in [1.807, 2.05) is 11.8 Å². The summed E-state index contributed by atoms with van der Waals surface area (Å²) in [7, 11) is 0. The van der Waals surface area contributed by atoms with Gasteiger partial charge < -0.3 is 10.6 Å². The van der Waals surface area contributed by atoms with Crippen LogP contribution in [0.1, 0.15) is 27.2 Å². The highest BCUT2D eigenvalue weighted by Gasteiger charge is 2.32. The van der Waals surface area contributed by atoms with E-state index in [0.29, 0.717) is 18.3 Å². The van der Waals surface area contributed by atoms with E-state index in [0.717, 1.165) is 13.1 Å². The zero-order chi connectivity index (χ0) is 10.0. The Bertz CT molecular complexity index is 183. The summed E-state index contributed by atoms with van der Waals surface area (Å²) in [6.45, 7) is 7.88. The monoisotopic (exact) mass is 184 g/mol. The Labute approximate surface area is 80.3 Å². The Morgan fingerprint density at radius 3 is 2.38 bits per heavy atom. The van der Waals surface area contributed by atoms with Gasteiger partial charge in [0.2, 0.25) is 5.91 Å². The first kappa shape index (κ1) is 10.5. The number of nitrogens with zero attached hydrogens (tertiary/aromatic N) is 1. The highest BCUT2D eigenvalue weighted by molar-refractivity contribution is 5.77. The summed E-state index contributed by atoms with van der Waals surface area (Å²) in [6.07, 6.45) is 0.672. The van der Waals surface area contributed by atoms with Gasteiger partial charge >= 0.3 is 0 Å². The Kier molecular flexibility index (Phi) is 3.31. The van der Waals surface area contributed by atoms with Crippen LogP contribution in [0.5, 0.6) is 0 Å². The number of rotatable bonds is 3. The molecule has 13 heavy (non-hydrogen) atoms. The molecule has 0 aromatic rings. The summed E-state index contributed by atoms with van der Waals surface area (Å²) in [5, 5.41) is 0. The number of carbonyl (C=O) groups excluding carboxylic acids is 1. The largest absolute Gasteiger partial charge is 0.342 e. The average molecular weight is 184 g/mol. The van der Waals surface area contributed by atoms with Gasteiger partial charge in [0.25, 0.3) is 0 Å². The highest BCUT2D eigenvalue weighted by atomic mass is 16.2. The van der Waals surface area contributed by atoms with Crippen molar-refractivity contribution in [1.29, 1.82) is 0 Å². The first-order chi connectivity index (χ1) is 6.00. The number of nitrogens with two attached hydrogens (primary N) is 1. The van der Waals surface area contributed by atoms with Gasteiger partial charge in [-0.15, -0.1) is 0 Å². The standard InChI is InChI=1S/C10H20N2O/c1-7(2)4-10(13)12-5-9(6-12)8(3)11/h7-9H,4-6,11H2,1-3H3. The van der Waals surface area contributed by atoms with Crippen molar-refractivity contribution in [2.45, 2.75) is 33.2 Å². The number of carbonyl (C=O) groups is 1. The molecule has 0 saturated carbocycles. The molecule has 1 aliphatic rings. The topological polar surface area (TPSA) is 46.3 Å². The van der Waals surface area contributed by atoms with E-state index in [-0.39, 0.29) is 11.9 Å². The van der Waals surface area contributed by atoms with E-state index in [2.05, 4.69) is 13.8 Å². The van der Waals surface area contributed by atoms with Crippen molar-refractivity contribution in [3.05, 3.63) is 0 Å². The van der Waals surface area contributed by atoms with Crippen molar-refractivity contribution in [2.75, 3.05) is 13.1 Å². The van der Waals surface area contributed by atoms with Crippen molar-refractivity contribution in [3.63, 3.8) is 0 Å². The van der Waals surface area contributed by atoms with Crippen LogP contribution in [0.2, 0.25) is 0 Å². The van der Waals surface area contributed by atoms with Gasteiger partial charge in [-0.3, -0.25) is 4.79 Å². The molecule has 76 valence electrons. The molecule has 1 aliphatic heterocycles. The second kappa shape index (κ2) is 4.09. The minimum Gasteiger partial charge on any atom is -0.342 e. The first-order valence-corrected chi connectivity index (χ1v) is 5.04. The predicted molar refractivity (Wildman–Crippen MR) is 53.2 cm³/mol. The molecule has 0 bridgehead atoms. The molecule has 3 nitrogen and oxygen atoms in total. The summed E-state index contributed by atoms with van der Waals surface area (Å²) in [5.41, 5.74) is 5.72. The van der Waals surface area contributed by atoms with E-state index in [1.165, 1.54) is 0 Å². The van der Waals surface area contributed by atoms with Gasteiger partial charge in [0.15, 0.2) is 0 Å². The maximum absolute atomic E-state index is 11.5. The summed E-state index contributed by atoms with van der Waals surface area (Å²) >= 11 is 0. The van der Waals surface area contributed by atoms with Crippen LogP contribution in [-0.2, 0) is 4.79 Å². The number of hydrogen-bond donors (Lipinski definition) is 1. The van der Waals surface area contributed by atoms with Gasteiger partial charge in [0, 0.05) is 31.5 Å². The normalized spacial score (nSPS) is 20.2. The average Bonchev–Trinajstić information content (AvgIpc) is 1.79. The highest BCUT2D eigenvalue weighted by Crippen LogP contribution is 2.19. The van der Waals surface area contributed by atoms with E-state index in [4.69, 9.17) is 5.73 Å². The lowest BCUT2D eigenvalue weighted by Gasteiger charge is -2.41. The molecular formula is C10H20N2O. The summed E-state index contributed by atoms with van der Waals surface area (Å²) < 4.78 is 0. The van der Waals surface area contributed by atoms with Crippen molar-refractivity contribution in [1.82, 2.24) is 4.90 Å². The fourth-order valence-electron chi connectivity index (χ4n) is 1.53. The molecule has 1 atom stereocenters. The van der Waals surface area contributed by atoms with Crippen LogP contribution in [0.3, 0.4) is 0 Å². The van der Waals surface area contributed by atoms with Gasteiger partial charge in [-0.1, -0.05) is 13.8 Å². The molecule has 1 saturated heterocycles. The van der Waals surface area contributed by atoms with Crippen LogP contribution in [0.15, 0.2) is 0 Å². The SMILES string of the molecule is CC(C)CC(=O)N1CC(C(C)N)C1. The lowest BCUT2D eigenvalue weighted by Crippen LogP contribution is -2.55. The molecule has 0 radical (unpaired) electrons. The van der Waals surface area contributed by atoms with Gasteiger partial charge in [0.1, 0.15) is 0 Å². The molecule has 1 heterocycles. The van der Waals surface area contributed by atoms with Crippen molar-refractivity contribution in [3.8, 4) is 0 Å². The summed E-state index contributed by atoms with van der Waals surface area (Å²) in [4.78, 5) is 13.4. The van der Waals surface area contributed by atoms with Crippen LogP contribution in [0.25, 0.3) is 0 Å². The van der Waals surface area contributed by atoms with Gasteiger partial charge in [-0.05, 0) is 12.8 Å². The molecule has 1 rings (SSSR count). The Morgan fingerprint density at radius 1 is 1.46 bits per heavy atom. The fourth-order valence-corrected chi connectivity index (χ4v) is 1.53. The van der Waals surface area contributed by atoms with E-state index < -0.39 is 0 Å². The molecule has 3 heteroatoms. The van der Waals surface area contributed by atoms with Gasteiger partial charge in [0.05, 0.1) is 0 Å². The summed E-state index contributed by atoms with van der Waals surface area (Å²) in [5.74, 6) is 1.27. The van der Waals surface area contributed by atoms with Crippen LogP contribution >= 0.6 is 0 Å². The third kappa shape index (κ3) is 2.69. The Balaban J connectivity index is 2.23. The maximum atomic E-state index is 11.5. The molecule has 0 aromatic carbocycles. The molecule has 0 spiro atoms. The molecule has 1 amide bonds. The lowest BCUT2D eigenvalue weighted by molar-refractivity contribution is -0.138. The fraction of sp³-hybridized carbons (Fsp3) is 0.900. The number of likely N-dealkylation sites (tertiary alicyclic amines) is 1. The maximum Gasteiger partial charge on any atom is 0.222 e. The minimum absolute atomic E-state index is 0.225. The second-order valence-electron chi connectivity index (χ2n) is 4.52. The smallest absolute Gasteiger partial charge is 0.222 e. The molecule has 0 aromatic heterocycles. The van der Waals surface area contributed by atoms with E-state index in [1.54, 1.807) is 0 Å². The third-order valence-corrected chi connectivity index (χ3v) is 2.59. The lowest BCUT2D eigenvalue weighted by atomic mass is 9.92. The molecule has 1 fully saturated rings. The van der Waals surface area contributed by atoms with Crippen LogP contribution in [0, 0.1) is 11.8 Å². The molecule has 1 unspecified atom stereocenters. The zero-order valence-corrected chi connectivity index (χ0v) is 8.79. The predicted octanol–water partition coefficient (Wildman–Crippen LogP) is 0.838. The summed E-state index contributed by atoms with van der Waals surface area (Å²) in [6, 6.07) is 0.225. The first-order valence-electron chi connectivity index (χ1n) is 5.04. The van der Waals surface area contributed by atoms with E-state index >= 15 is 0 Å². The minimum atomic E-state index is 0.225.